The summed E-state index contributed by atoms with van der Waals surface area (Å²) in [7, 11) is 1.59. The van der Waals surface area contributed by atoms with E-state index in [4.69, 9.17) is 37.9 Å². The summed E-state index contributed by atoms with van der Waals surface area (Å²) in [5.74, 6) is -1.66. The largest absolute Gasteiger partial charge is 0.457 e. The highest BCUT2D eigenvalue weighted by molar-refractivity contribution is 5.90. The molecule has 3 aliphatic rings. The first-order valence-corrected chi connectivity index (χ1v) is 19.7. The van der Waals surface area contributed by atoms with Crippen molar-refractivity contribution in [1.29, 1.82) is 0 Å². The standard InChI is InChI=1S/C43H60O11/c1-10-33-24(3)26(5)37(52-40(45)30-18-14-12-15-19-30)42(50-33)48-23-32-22-35(47-9)39(49-29(8)44)36(28(32)7)54-43-38(27(6)25(4)34(11-2)51-43)53-41(46)31-20-16-13-17-21-31/h12-21,24-28,32-39,42-43H,10-11,22-23H2,1-9H3. The molecule has 54 heavy (non-hydrogen) atoms. The van der Waals surface area contributed by atoms with Crippen LogP contribution in [0.5, 0.6) is 0 Å². The van der Waals surface area contributed by atoms with Gasteiger partial charge in [0.15, 0.2) is 30.9 Å². The molecular formula is C43H60O11. The van der Waals surface area contributed by atoms with Gasteiger partial charge in [-0.25, -0.2) is 9.59 Å². The van der Waals surface area contributed by atoms with E-state index in [9.17, 15) is 14.4 Å². The maximum atomic E-state index is 13.4. The highest BCUT2D eigenvalue weighted by Crippen LogP contribution is 2.42. The summed E-state index contributed by atoms with van der Waals surface area (Å²) in [6.07, 6.45) is -3.31. The van der Waals surface area contributed by atoms with Gasteiger partial charge >= 0.3 is 17.9 Å². The molecule has 0 amide bonds. The number of methoxy groups -OCH3 is 1. The zero-order valence-electron chi connectivity index (χ0n) is 33.3. The molecule has 11 heteroatoms. The molecule has 2 aromatic carbocycles. The van der Waals surface area contributed by atoms with Crippen LogP contribution in [0.25, 0.3) is 0 Å². The maximum absolute atomic E-state index is 13.4. The van der Waals surface area contributed by atoms with Gasteiger partial charge in [-0.2, -0.15) is 0 Å². The summed E-state index contributed by atoms with van der Waals surface area (Å²) >= 11 is 0. The fraction of sp³-hybridized carbons (Fsp3) is 0.651. The van der Waals surface area contributed by atoms with Crippen LogP contribution in [0, 0.1) is 35.5 Å². The maximum Gasteiger partial charge on any atom is 0.338 e. The van der Waals surface area contributed by atoms with E-state index in [2.05, 4.69) is 34.6 Å². The number of hydrogen-bond donors (Lipinski definition) is 0. The number of ether oxygens (including phenoxy) is 8. The van der Waals surface area contributed by atoms with E-state index in [1.807, 2.05) is 26.0 Å². The molecule has 0 bridgehead atoms. The Kier molecular flexibility index (Phi) is 14.7. The third-order valence-corrected chi connectivity index (χ3v) is 12.2. The van der Waals surface area contributed by atoms with Gasteiger partial charge in [0.2, 0.25) is 0 Å². The monoisotopic (exact) mass is 752 g/mol. The lowest BCUT2D eigenvalue weighted by molar-refractivity contribution is -0.312. The van der Waals surface area contributed by atoms with Crippen LogP contribution in [-0.2, 0) is 42.7 Å². The van der Waals surface area contributed by atoms with Gasteiger partial charge in [-0.3, -0.25) is 4.79 Å². The molecule has 0 N–H and O–H groups in total. The van der Waals surface area contributed by atoms with Gasteiger partial charge in [0.25, 0.3) is 0 Å². The van der Waals surface area contributed by atoms with Crippen LogP contribution >= 0.6 is 0 Å². The highest BCUT2D eigenvalue weighted by Gasteiger charge is 2.52. The Balaban J connectivity index is 1.39. The lowest BCUT2D eigenvalue weighted by atomic mass is 9.75. The van der Waals surface area contributed by atoms with Crippen molar-refractivity contribution in [2.45, 2.75) is 130 Å². The van der Waals surface area contributed by atoms with Crippen LogP contribution in [0.2, 0.25) is 0 Å². The van der Waals surface area contributed by atoms with E-state index in [0.717, 1.165) is 12.8 Å². The van der Waals surface area contributed by atoms with Crippen molar-refractivity contribution in [2.24, 2.45) is 35.5 Å². The molecule has 15 atom stereocenters. The molecular weight excluding hydrogens is 692 g/mol. The first kappa shape index (κ1) is 41.8. The Morgan fingerprint density at radius 2 is 1.11 bits per heavy atom. The Bertz CT molecular complexity index is 1500. The SMILES string of the molecule is CCC1OC(OCC2CC(OC)C(OC(C)=O)C(OC3OC(CC)C(C)C(C)C3OC(=O)c3ccccc3)C2C)C(OC(=O)c2ccccc2)C(C)C1C. The van der Waals surface area contributed by atoms with Crippen LogP contribution < -0.4 is 0 Å². The van der Waals surface area contributed by atoms with Crippen molar-refractivity contribution < 1.29 is 52.3 Å². The van der Waals surface area contributed by atoms with Crippen molar-refractivity contribution in [1.82, 2.24) is 0 Å². The number of benzene rings is 2. The number of carbonyl (C=O) groups is 3. The lowest BCUT2D eigenvalue weighted by Gasteiger charge is -2.49. The Morgan fingerprint density at radius 1 is 0.630 bits per heavy atom. The first-order valence-electron chi connectivity index (χ1n) is 19.7. The van der Waals surface area contributed by atoms with Crippen molar-refractivity contribution >= 4 is 17.9 Å². The molecule has 2 aliphatic heterocycles. The van der Waals surface area contributed by atoms with Gasteiger partial charge in [-0.1, -0.05) is 84.9 Å². The molecule has 0 spiro atoms. The molecule has 1 aliphatic carbocycles. The molecule has 5 rings (SSSR count). The molecule has 11 nitrogen and oxygen atoms in total. The van der Waals surface area contributed by atoms with Gasteiger partial charge in [0.1, 0.15) is 6.10 Å². The minimum Gasteiger partial charge on any atom is -0.457 e. The fourth-order valence-corrected chi connectivity index (χ4v) is 8.34. The Labute approximate surface area is 320 Å². The molecule has 0 radical (unpaired) electrons. The Hall–Kier alpha value is -3.35. The average molecular weight is 753 g/mol. The topological polar surface area (TPSA) is 125 Å². The fourth-order valence-electron chi connectivity index (χ4n) is 8.34. The molecule has 2 saturated heterocycles. The van der Waals surface area contributed by atoms with Crippen molar-refractivity contribution in [3.8, 4) is 0 Å². The second-order valence-electron chi connectivity index (χ2n) is 15.4. The van der Waals surface area contributed by atoms with Crippen molar-refractivity contribution in [3.63, 3.8) is 0 Å². The van der Waals surface area contributed by atoms with Gasteiger partial charge < -0.3 is 37.9 Å². The summed E-state index contributed by atoms with van der Waals surface area (Å²) < 4.78 is 50.8. The second kappa shape index (κ2) is 19.0. The predicted octanol–water partition coefficient (Wildman–Crippen LogP) is 7.26. The van der Waals surface area contributed by atoms with E-state index in [1.54, 1.807) is 55.6 Å². The van der Waals surface area contributed by atoms with Gasteiger partial charge in [0.05, 0.1) is 36.0 Å². The number of esters is 3. The van der Waals surface area contributed by atoms with Crippen LogP contribution in [0.15, 0.2) is 60.7 Å². The zero-order valence-corrected chi connectivity index (χ0v) is 33.3. The molecule has 3 fully saturated rings. The number of hydrogen-bond acceptors (Lipinski definition) is 11. The molecule has 2 heterocycles. The summed E-state index contributed by atoms with van der Waals surface area (Å²) in [5.41, 5.74) is 0.890. The van der Waals surface area contributed by atoms with Crippen LogP contribution in [0.1, 0.15) is 95.4 Å². The predicted molar refractivity (Wildman–Crippen MR) is 200 cm³/mol. The summed E-state index contributed by atoms with van der Waals surface area (Å²) in [6, 6.07) is 17.8. The Morgan fingerprint density at radius 3 is 1.57 bits per heavy atom. The van der Waals surface area contributed by atoms with Crippen LogP contribution in [0.4, 0.5) is 0 Å². The van der Waals surface area contributed by atoms with Gasteiger partial charge in [-0.05, 0) is 67.2 Å². The lowest BCUT2D eigenvalue weighted by Crippen LogP contribution is -2.59. The third kappa shape index (κ3) is 9.53. The third-order valence-electron chi connectivity index (χ3n) is 12.2. The van der Waals surface area contributed by atoms with Crippen molar-refractivity contribution in [3.05, 3.63) is 71.8 Å². The first-order chi connectivity index (χ1) is 25.9. The smallest absolute Gasteiger partial charge is 0.338 e. The van der Waals surface area contributed by atoms with E-state index < -0.39 is 61.0 Å². The minimum atomic E-state index is -0.937. The second-order valence-corrected chi connectivity index (χ2v) is 15.4. The molecule has 1 saturated carbocycles. The summed E-state index contributed by atoms with van der Waals surface area (Å²) in [5, 5.41) is 0. The average Bonchev–Trinajstić information content (AvgIpc) is 3.18. The molecule has 0 aromatic heterocycles. The highest BCUT2D eigenvalue weighted by atomic mass is 16.7. The zero-order chi connectivity index (χ0) is 39.1. The quantitative estimate of drug-likeness (QED) is 0.152. The van der Waals surface area contributed by atoms with Crippen LogP contribution in [-0.4, -0.2) is 86.9 Å². The summed E-state index contributed by atoms with van der Waals surface area (Å²) in [4.78, 5) is 39.2. The van der Waals surface area contributed by atoms with Gasteiger partial charge in [0, 0.05) is 25.9 Å². The summed E-state index contributed by atoms with van der Waals surface area (Å²) in [6.45, 7) is 16.1. The normalized spacial score (nSPS) is 36.9. The van der Waals surface area contributed by atoms with E-state index in [0.29, 0.717) is 17.5 Å². The van der Waals surface area contributed by atoms with Crippen molar-refractivity contribution in [2.75, 3.05) is 13.7 Å². The number of rotatable bonds is 13. The van der Waals surface area contributed by atoms with E-state index in [-0.39, 0.29) is 54.3 Å². The minimum absolute atomic E-state index is 0.0313. The van der Waals surface area contributed by atoms with E-state index >= 15 is 0 Å². The molecule has 298 valence electrons. The molecule has 2 aromatic rings. The van der Waals surface area contributed by atoms with Crippen LogP contribution in [0.3, 0.4) is 0 Å². The number of carbonyl (C=O) groups excluding carboxylic acids is 3. The molecule has 15 unspecified atom stereocenters. The van der Waals surface area contributed by atoms with Gasteiger partial charge in [-0.15, -0.1) is 0 Å². The van der Waals surface area contributed by atoms with E-state index in [1.165, 1.54) is 6.92 Å².